The third-order valence-corrected chi connectivity index (χ3v) is 4.36. The highest BCUT2D eigenvalue weighted by Crippen LogP contribution is 2.31. The Hall–Kier alpha value is -1.10. The first-order valence-electron chi connectivity index (χ1n) is 7.91. The Bertz CT molecular complexity index is 482. The topological polar surface area (TPSA) is 52.6 Å². The second-order valence-electron chi connectivity index (χ2n) is 6.33. The fourth-order valence-corrected chi connectivity index (χ4v) is 3.06. The molecule has 2 N–H and O–H groups in total. The number of nitrogens with one attached hydrogen (secondary N) is 1. The third kappa shape index (κ3) is 4.97. The Morgan fingerprint density at radius 2 is 1.91 bits per heavy atom. The number of carbonyl (C=O) groups excluding carboxylic acids is 1. The zero-order valence-electron chi connectivity index (χ0n) is 13.3. The molecule has 0 spiro atoms. The molecule has 0 aromatic heterocycles. The highest BCUT2D eigenvalue weighted by atomic mass is 35.5. The van der Waals surface area contributed by atoms with E-state index in [0.29, 0.717) is 11.6 Å². The molecule has 122 valence electrons. The molecule has 1 atom stereocenters. The zero-order valence-corrected chi connectivity index (χ0v) is 14.0. The van der Waals surface area contributed by atoms with E-state index in [4.69, 9.17) is 11.6 Å². The van der Waals surface area contributed by atoms with Gasteiger partial charge in [0.05, 0.1) is 12.6 Å². The van der Waals surface area contributed by atoms with E-state index in [9.17, 15) is 9.90 Å². The lowest BCUT2D eigenvalue weighted by molar-refractivity contribution is -0.123. The number of hydrogen-bond acceptors (Lipinski definition) is 3. The average molecular weight is 325 g/mol. The smallest absolute Gasteiger partial charge is 0.234 e. The van der Waals surface area contributed by atoms with Crippen LogP contribution in [0.15, 0.2) is 24.3 Å². The SMILES string of the molecule is CC(C)NC(=O)CN1CCC([C@@H](O)c2ccc(Cl)cc2)CC1. The van der Waals surface area contributed by atoms with Crippen LogP contribution in [0.4, 0.5) is 0 Å². The lowest BCUT2D eigenvalue weighted by Crippen LogP contribution is -2.43. The van der Waals surface area contributed by atoms with Gasteiger partial charge in [-0.3, -0.25) is 9.69 Å². The van der Waals surface area contributed by atoms with E-state index in [2.05, 4.69) is 10.2 Å². The van der Waals surface area contributed by atoms with E-state index in [1.807, 2.05) is 38.1 Å². The van der Waals surface area contributed by atoms with Gasteiger partial charge in [0.15, 0.2) is 0 Å². The van der Waals surface area contributed by atoms with Crippen LogP contribution in [0.25, 0.3) is 0 Å². The van der Waals surface area contributed by atoms with Crippen molar-refractivity contribution in [1.29, 1.82) is 0 Å². The predicted molar refractivity (Wildman–Crippen MR) is 88.9 cm³/mol. The number of amides is 1. The minimum atomic E-state index is -0.455. The van der Waals surface area contributed by atoms with Gasteiger partial charge < -0.3 is 10.4 Å². The van der Waals surface area contributed by atoms with E-state index >= 15 is 0 Å². The van der Waals surface area contributed by atoms with Crippen LogP contribution in [-0.4, -0.2) is 41.6 Å². The van der Waals surface area contributed by atoms with Gasteiger partial charge in [0, 0.05) is 11.1 Å². The molecule has 1 aromatic rings. The van der Waals surface area contributed by atoms with Crippen LogP contribution in [0.1, 0.15) is 38.4 Å². The van der Waals surface area contributed by atoms with Crippen LogP contribution in [0.5, 0.6) is 0 Å². The molecule has 2 rings (SSSR count). The number of likely N-dealkylation sites (tertiary alicyclic amines) is 1. The summed E-state index contributed by atoms with van der Waals surface area (Å²) in [6.45, 7) is 6.07. The third-order valence-electron chi connectivity index (χ3n) is 4.11. The Morgan fingerprint density at radius 3 is 2.45 bits per heavy atom. The van der Waals surface area contributed by atoms with Crippen molar-refractivity contribution < 1.29 is 9.90 Å². The van der Waals surface area contributed by atoms with Crippen LogP contribution < -0.4 is 5.32 Å². The first kappa shape index (κ1) is 17.3. The van der Waals surface area contributed by atoms with Gasteiger partial charge in [0.2, 0.25) is 5.91 Å². The van der Waals surface area contributed by atoms with Crippen LogP contribution in [-0.2, 0) is 4.79 Å². The molecule has 0 saturated carbocycles. The zero-order chi connectivity index (χ0) is 16.1. The lowest BCUT2D eigenvalue weighted by Gasteiger charge is -2.34. The number of hydrogen-bond donors (Lipinski definition) is 2. The van der Waals surface area contributed by atoms with Crippen molar-refractivity contribution in [1.82, 2.24) is 10.2 Å². The van der Waals surface area contributed by atoms with Crippen molar-refractivity contribution in [3.05, 3.63) is 34.9 Å². The first-order chi connectivity index (χ1) is 10.5. The Kier molecular flexibility index (Phi) is 6.24. The number of piperidine rings is 1. The second-order valence-corrected chi connectivity index (χ2v) is 6.77. The maximum Gasteiger partial charge on any atom is 0.234 e. The number of benzene rings is 1. The monoisotopic (exact) mass is 324 g/mol. The van der Waals surface area contributed by atoms with Gasteiger partial charge in [-0.25, -0.2) is 0 Å². The molecular formula is C17H25ClN2O2. The number of halogens is 1. The Balaban J connectivity index is 1.81. The standard InChI is InChI=1S/C17H25ClN2O2/c1-12(2)19-16(21)11-20-9-7-14(8-10-20)17(22)13-3-5-15(18)6-4-13/h3-6,12,14,17,22H,7-11H2,1-2H3,(H,19,21)/t17-/m0/s1. The van der Waals surface area contributed by atoms with E-state index < -0.39 is 6.10 Å². The molecule has 0 aliphatic carbocycles. The Labute approximate surface area is 137 Å². The van der Waals surface area contributed by atoms with Crippen LogP contribution >= 0.6 is 11.6 Å². The molecule has 0 radical (unpaired) electrons. The fourth-order valence-electron chi connectivity index (χ4n) is 2.93. The van der Waals surface area contributed by atoms with Gasteiger partial charge in [-0.05, 0) is 63.4 Å². The summed E-state index contributed by atoms with van der Waals surface area (Å²) in [4.78, 5) is 13.9. The maximum absolute atomic E-state index is 11.8. The van der Waals surface area contributed by atoms with Gasteiger partial charge in [0.25, 0.3) is 0 Å². The summed E-state index contributed by atoms with van der Waals surface area (Å²) in [6, 6.07) is 7.57. The van der Waals surface area contributed by atoms with Gasteiger partial charge in [-0.2, -0.15) is 0 Å². The number of rotatable bonds is 5. The molecule has 0 unspecified atom stereocenters. The van der Waals surface area contributed by atoms with Crippen LogP contribution in [0.3, 0.4) is 0 Å². The molecule has 4 nitrogen and oxygen atoms in total. The van der Waals surface area contributed by atoms with Crippen molar-refractivity contribution in [2.45, 2.75) is 38.8 Å². The van der Waals surface area contributed by atoms with E-state index in [0.717, 1.165) is 31.5 Å². The summed E-state index contributed by atoms with van der Waals surface area (Å²) < 4.78 is 0. The normalized spacial score (nSPS) is 18.4. The van der Waals surface area contributed by atoms with Crippen molar-refractivity contribution in [2.75, 3.05) is 19.6 Å². The van der Waals surface area contributed by atoms with Crippen molar-refractivity contribution >= 4 is 17.5 Å². The number of aliphatic hydroxyl groups excluding tert-OH is 1. The largest absolute Gasteiger partial charge is 0.388 e. The molecule has 1 aromatic carbocycles. The van der Waals surface area contributed by atoms with Crippen molar-refractivity contribution in [2.24, 2.45) is 5.92 Å². The molecule has 22 heavy (non-hydrogen) atoms. The van der Waals surface area contributed by atoms with Gasteiger partial charge in [0.1, 0.15) is 0 Å². The molecule has 1 aliphatic rings. The predicted octanol–water partition coefficient (Wildman–Crippen LogP) is 2.61. The highest BCUT2D eigenvalue weighted by Gasteiger charge is 2.27. The summed E-state index contributed by atoms with van der Waals surface area (Å²) in [5.74, 6) is 0.317. The minimum absolute atomic E-state index is 0.0756. The second kappa shape index (κ2) is 7.95. The fraction of sp³-hybridized carbons (Fsp3) is 0.588. The molecule has 5 heteroatoms. The minimum Gasteiger partial charge on any atom is -0.388 e. The number of aliphatic hydroxyl groups is 1. The van der Waals surface area contributed by atoms with Crippen molar-refractivity contribution in [3.8, 4) is 0 Å². The quantitative estimate of drug-likeness (QED) is 0.875. The van der Waals surface area contributed by atoms with Gasteiger partial charge >= 0.3 is 0 Å². The van der Waals surface area contributed by atoms with Crippen molar-refractivity contribution in [3.63, 3.8) is 0 Å². The maximum atomic E-state index is 11.8. The summed E-state index contributed by atoms with van der Waals surface area (Å²) in [5.41, 5.74) is 0.917. The van der Waals surface area contributed by atoms with Crippen LogP contribution in [0, 0.1) is 5.92 Å². The first-order valence-corrected chi connectivity index (χ1v) is 8.28. The van der Waals surface area contributed by atoms with Crippen LogP contribution in [0.2, 0.25) is 5.02 Å². The number of carbonyl (C=O) groups is 1. The van der Waals surface area contributed by atoms with E-state index in [1.165, 1.54) is 0 Å². The molecular weight excluding hydrogens is 300 g/mol. The molecule has 1 heterocycles. The summed E-state index contributed by atoms with van der Waals surface area (Å²) in [5, 5.41) is 14.1. The molecule has 1 aliphatic heterocycles. The molecule has 0 bridgehead atoms. The molecule has 1 fully saturated rings. The van der Waals surface area contributed by atoms with Gasteiger partial charge in [-0.1, -0.05) is 23.7 Å². The summed E-state index contributed by atoms with van der Waals surface area (Å²) >= 11 is 5.88. The summed E-state index contributed by atoms with van der Waals surface area (Å²) in [7, 11) is 0. The Morgan fingerprint density at radius 1 is 1.32 bits per heavy atom. The van der Waals surface area contributed by atoms with Gasteiger partial charge in [-0.15, -0.1) is 0 Å². The lowest BCUT2D eigenvalue weighted by atomic mass is 9.87. The average Bonchev–Trinajstić information content (AvgIpc) is 2.47. The summed E-state index contributed by atoms with van der Waals surface area (Å²) in [6.07, 6.45) is 1.35. The molecule has 1 amide bonds. The molecule has 1 saturated heterocycles. The highest BCUT2D eigenvalue weighted by molar-refractivity contribution is 6.30. The van der Waals surface area contributed by atoms with E-state index in [1.54, 1.807) is 0 Å². The number of nitrogens with zero attached hydrogens (tertiary/aromatic N) is 1. The van der Waals surface area contributed by atoms with E-state index in [-0.39, 0.29) is 17.9 Å².